The van der Waals surface area contributed by atoms with Crippen LogP contribution in [-0.4, -0.2) is 25.0 Å². The van der Waals surface area contributed by atoms with Crippen molar-refractivity contribution < 1.29 is 4.79 Å². The van der Waals surface area contributed by atoms with Crippen molar-refractivity contribution in [3.05, 3.63) is 24.3 Å². The Morgan fingerprint density at radius 1 is 1.04 bits per heavy atom. The molecule has 0 saturated heterocycles. The van der Waals surface area contributed by atoms with Crippen molar-refractivity contribution in [2.75, 3.05) is 24.2 Å². The molecule has 3 N–H and O–H groups in total. The summed E-state index contributed by atoms with van der Waals surface area (Å²) in [6.45, 7) is 2.65. The molecule has 4 aliphatic rings. The number of rotatable bonds is 6. The number of halogens is 2. The second-order valence-electron chi connectivity index (χ2n) is 8.82. The van der Waals surface area contributed by atoms with Gasteiger partial charge in [-0.3, -0.25) is 4.79 Å². The summed E-state index contributed by atoms with van der Waals surface area (Å²) in [4.78, 5) is 12.4. The van der Waals surface area contributed by atoms with Crippen molar-refractivity contribution in [2.45, 2.75) is 51.0 Å². The summed E-state index contributed by atoms with van der Waals surface area (Å²) >= 11 is 0. The Morgan fingerprint density at radius 3 is 2.07 bits per heavy atom. The number of carbonyl (C=O) groups excluding carboxylic acids is 1. The van der Waals surface area contributed by atoms with Gasteiger partial charge in [0.15, 0.2) is 0 Å². The highest BCUT2D eigenvalue weighted by atomic mass is 35.5. The van der Waals surface area contributed by atoms with E-state index in [1.54, 1.807) is 0 Å². The summed E-state index contributed by atoms with van der Waals surface area (Å²) < 4.78 is 0. The fraction of sp³-hybridized carbons (Fsp3) is 0.667. The summed E-state index contributed by atoms with van der Waals surface area (Å²) in [5.41, 5.74) is 2.27. The molecule has 1 unspecified atom stereocenters. The smallest absolute Gasteiger partial charge is 0.228 e. The van der Waals surface area contributed by atoms with Crippen molar-refractivity contribution >= 4 is 42.1 Å². The maximum Gasteiger partial charge on any atom is 0.228 e. The van der Waals surface area contributed by atoms with Gasteiger partial charge in [0.2, 0.25) is 5.91 Å². The third-order valence-electron chi connectivity index (χ3n) is 6.58. The van der Waals surface area contributed by atoms with E-state index >= 15 is 0 Å². The lowest BCUT2D eigenvalue weighted by Crippen LogP contribution is -2.54. The second kappa shape index (κ2) is 9.02. The Labute approximate surface area is 175 Å². The van der Waals surface area contributed by atoms with Crippen LogP contribution in [0.25, 0.3) is 0 Å². The minimum absolute atomic E-state index is 0. The molecule has 1 amide bonds. The standard InChI is InChI=1S/C21H31N3O.2ClH/c1-14(13-22-2)20(25)23-18-5-3-4-6-19(18)24-21-10-15-7-16(11-21)9-17(8-15)12-21;;/h3-6,14-17,22,24H,7-13H2,1-2H3,(H,23,25);2*1H. The summed E-state index contributed by atoms with van der Waals surface area (Å²) in [6, 6.07) is 8.21. The third kappa shape index (κ3) is 4.72. The molecule has 4 saturated carbocycles. The molecule has 5 rings (SSSR count). The van der Waals surface area contributed by atoms with Crippen LogP contribution in [-0.2, 0) is 4.79 Å². The number of anilines is 2. The molecule has 27 heavy (non-hydrogen) atoms. The van der Waals surface area contributed by atoms with Gasteiger partial charge in [0, 0.05) is 18.0 Å². The topological polar surface area (TPSA) is 53.2 Å². The van der Waals surface area contributed by atoms with E-state index in [4.69, 9.17) is 0 Å². The number of para-hydroxylation sites is 2. The van der Waals surface area contributed by atoms with Crippen molar-refractivity contribution in [3.8, 4) is 0 Å². The molecule has 4 bridgehead atoms. The fourth-order valence-corrected chi connectivity index (χ4v) is 5.91. The molecule has 0 aromatic heterocycles. The number of benzene rings is 1. The van der Waals surface area contributed by atoms with Gasteiger partial charge in [-0.05, 0) is 75.5 Å². The largest absolute Gasteiger partial charge is 0.378 e. The van der Waals surface area contributed by atoms with Crippen molar-refractivity contribution in [3.63, 3.8) is 0 Å². The lowest BCUT2D eigenvalue weighted by molar-refractivity contribution is -0.119. The first-order valence-corrected chi connectivity index (χ1v) is 9.89. The molecule has 6 heteroatoms. The molecule has 0 heterocycles. The van der Waals surface area contributed by atoms with E-state index < -0.39 is 0 Å². The fourth-order valence-electron chi connectivity index (χ4n) is 5.91. The Bertz CT molecular complexity index is 617. The second-order valence-corrected chi connectivity index (χ2v) is 8.82. The first-order valence-electron chi connectivity index (χ1n) is 9.89. The molecule has 1 aromatic carbocycles. The van der Waals surface area contributed by atoms with Crippen LogP contribution in [0.15, 0.2) is 24.3 Å². The molecule has 1 aromatic rings. The van der Waals surface area contributed by atoms with Gasteiger partial charge < -0.3 is 16.0 Å². The Hall–Kier alpha value is -0.970. The van der Waals surface area contributed by atoms with Gasteiger partial charge in [0.1, 0.15) is 0 Å². The average Bonchev–Trinajstić information content (AvgIpc) is 2.55. The number of nitrogens with one attached hydrogen (secondary N) is 3. The van der Waals surface area contributed by atoms with Crippen LogP contribution in [0.3, 0.4) is 0 Å². The zero-order chi connectivity index (χ0) is 17.4. The SMILES string of the molecule is CNCC(C)C(=O)Nc1ccccc1NC12CC3CC(CC(C3)C1)C2.Cl.Cl. The average molecular weight is 414 g/mol. The van der Waals surface area contributed by atoms with Gasteiger partial charge >= 0.3 is 0 Å². The summed E-state index contributed by atoms with van der Waals surface area (Å²) in [5.74, 6) is 2.77. The summed E-state index contributed by atoms with van der Waals surface area (Å²) in [7, 11) is 1.88. The van der Waals surface area contributed by atoms with Crippen molar-refractivity contribution in [1.29, 1.82) is 0 Å². The van der Waals surface area contributed by atoms with Crippen molar-refractivity contribution in [1.82, 2.24) is 5.32 Å². The zero-order valence-corrected chi connectivity index (χ0v) is 17.9. The number of hydrogen-bond acceptors (Lipinski definition) is 3. The van der Waals surface area contributed by atoms with E-state index in [0.717, 1.165) is 29.1 Å². The molecule has 4 aliphatic carbocycles. The molecular formula is C21H33Cl2N3O. The van der Waals surface area contributed by atoms with Crippen LogP contribution in [0.5, 0.6) is 0 Å². The lowest BCUT2D eigenvalue weighted by atomic mass is 9.53. The van der Waals surface area contributed by atoms with E-state index in [9.17, 15) is 4.79 Å². The van der Waals surface area contributed by atoms with E-state index in [1.165, 1.54) is 38.5 Å². The molecule has 0 radical (unpaired) electrons. The predicted molar refractivity (Wildman–Crippen MR) is 117 cm³/mol. The van der Waals surface area contributed by atoms with Gasteiger partial charge in [-0.2, -0.15) is 0 Å². The van der Waals surface area contributed by atoms with Gasteiger partial charge in [0.25, 0.3) is 0 Å². The molecule has 4 fully saturated rings. The highest BCUT2D eigenvalue weighted by molar-refractivity contribution is 5.95. The minimum Gasteiger partial charge on any atom is -0.378 e. The highest BCUT2D eigenvalue weighted by Gasteiger charge is 2.51. The molecule has 152 valence electrons. The molecule has 0 spiro atoms. The number of carbonyl (C=O) groups is 1. The predicted octanol–water partition coefficient (Wildman–Crippen LogP) is 4.70. The lowest BCUT2D eigenvalue weighted by Gasteiger charge is -2.57. The summed E-state index contributed by atoms with van der Waals surface area (Å²) in [5, 5.41) is 10.1. The van der Waals surface area contributed by atoms with Crippen LogP contribution in [0.4, 0.5) is 11.4 Å². The normalized spacial score (nSPS) is 31.4. The van der Waals surface area contributed by atoms with Crippen LogP contribution in [0.1, 0.15) is 45.4 Å². The monoisotopic (exact) mass is 413 g/mol. The van der Waals surface area contributed by atoms with Gasteiger partial charge in [-0.15, -0.1) is 24.8 Å². The number of amides is 1. The van der Waals surface area contributed by atoms with E-state index in [-0.39, 0.29) is 42.2 Å². The van der Waals surface area contributed by atoms with Gasteiger partial charge in [-0.1, -0.05) is 19.1 Å². The quantitative estimate of drug-likeness (QED) is 0.632. The molecule has 4 nitrogen and oxygen atoms in total. The first kappa shape index (κ1) is 22.3. The minimum atomic E-state index is -0.0439. The van der Waals surface area contributed by atoms with Crippen LogP contribution in [0, 0.1) is 23.7 Å². The molecule has 1 atom stereocenters. The maximum atomic E-state index is 12.4. The van der Waals surface area contributed by atoms with Crippen LogP contribution >= 0.6 is 24.8 Å². The molecule has 0 aliphatic heterocycles. The molecular weight excluding hydrogens is 381 g/mol. The zero-order valence-electron chi connectivity index (χ0n) is 16.3. The van der Waals surface area contributed by atoms with Crippen molar-refractivity contribution in [2.24, 2.45) is 23.7 Å². The number of hydrogen-bond donors (Lipinski definition) is 3. The Balaban J connectivity index is 0.00000131. The Kier molecular flexibility index (Phi) is 7.46. The van der Waals surface area contributed by atoms with Gasteiger partial charge in [0.05, 0.1) is 11.4 Å². The maximum absolute atomic E-state index is 12.4. The Morgan fingerprint density at radius 2 is 1.56 bits per heavy atom. The van der Waals surface area contributed by atoms with Crippen LogP contribution < -0.4 is 16.0 Å². The van der Waals surface area contributed by atoms with Gasteiger partial charge in [-0.25, -0.2) is 0 Å². The van der Waals surface area contributed by atoms with Crippen LogP contribution in [0.2, 0.25) is 0 Å². The highest BCUT2D eigenvalue weighted by Crippen LogP contribution is 2.56. The van der Waals surface area contributed by atoms with E-state index in [2.05, 4.69) is 28.1 Å². The third-order valence-corrected chi connectivity index (χ3v) is 6.58. The van der Waals surface area contributed by atoms with E-state index in [1.807, 2.05) is 26.1 Å². The van der Waals surface area contributed by atoms with E-state index in [0.29, 0.717) is 6.54 Å². The first-order chi connectivity index (χ1) is 12.1. The summed E-state index contributed by atoms with van der Waals surface area (Å²) in [6.07, 6.45) is 8.24.